The van der Waals surface area contributed by atoms with Crippen LogP contribution in [0.1, 0.15) is 5.56 Å². The van der Waals surface area contributed by atoms with Crippen LogP contribution in [0.4, 0.5) is 20.2 Å². The number of oxime groups is 1. The molecule has 2 aromatic carbocycles. The van der Waals surface area contributed by atoms with Gasteiger partial charge in [0, 0.05) is 17.1 Å². The van der Waals surface area contributed by atoms with E-state index < -0.39 is 11.6 Å². The van der Waals surface area contributed by atoms with Gasteiger partial charge in [0.15, 0.2) is 11.7 Å². The van der Waals surface area contributed by atoms with Crippen LogP contribution >= 0.6 is 15.9 Å². The number of nitrogens with one attached hydrogen (secondary N) is 1. The molecule has 0 saturated carbocycles. The molecule has 4 N–H and O–H groups in total. The van der Waals surface area contributed by atoms with E-state index >= 15 is 4.39 Å². The molecule has 142 valence electrons. The quantitative estimate of drug-likeness (QED) is 0.237. The van der Waals surface area contributed by atoms with Crippen LogP contribution in [0.5, 0.6) is 0 Å². The molecule has 0 amide bonds. The molecule has 0 atom stereocenters. The Balaban J connectivity index is 2.14. The maximum absolute atomic E-state index is 15.1. The number of aromatic nitrogens is 2. The third-order valence-electron chi connectivity index (χ3n) is 3.77. The second kappa shape index (κ2) is 7.89. The smallest absolute Gasteiger partial charge is 0.175 e. The van der Waals surface area contributed by atoms with Gasteiger partial charge in [-0.15, -0.1) is 0 Å². The molecule has 0 aliphatic heterocycles. The van der Waals surface area contributed by atoms with Crippen LogP contribution in [0.25, 0.3) is 11.0 Å². The van der Waals surface area contributed by atoms with Crippen LogP contribution in [-0.4, -0.2) is 33.7 Å². The molecule has 3 aromatic rings. The Labute approximate surface area is 161 Å². The van der Waals surface area contributed by atoms with Crippen LogP contribution < -0.4 is 11.1 Å². The second-order valence-electron chi connectivity index (χ2n) is 5.62. The van der Waals surface area contributed by atoms with Gasteiger partial charge in [0.05, 0.1) is 29.8 Å². The minimum Gasteiger partial charge on any atom is -0.393 e. The number of anilines is 2. The zero-order valence-electron chi connectivity index (χ0n) is 14.2. The largest absolute Gasteiger partial charge is 0.393 e. The van der Waals surface area contributed by atoms with E-state index in [0.717, 1.165) is 0 Å². The molecule has 7 nitrogen and oxygen atoms in total. The maximum Gasteiger partial charge on any atom is 0.175 e. The Bertz CT molecular complexity index is 1020. The van der Waals surface area contributed by atoms with Crippen molar-refractivity contribution >= 4 is 44.2 Å². The van der Waals surface area contributed by atoms with Crippen molar-refractivity contribution in [2.75, 3.05) is 18.5 Å². The summed E-state index contributed by atoms with van der Waals surface area (Å²) in [7, 11) is 1.70. The molecule has 27 heavy (non-hydrogen) atoms. The van der Waals surface area contributed by atoms with Gasteiger partial charge in [-0.05, 0) is 24.3 Å². The third-order valence-corrected chi connectivity index (χ3v) is 4.27. The Kier molecular flexibility index (Phi) is 5.57. The van der Waals surface area contributed by atoms with Crippen molar-refractivity contribution in [1.82, 2.24) is 9.55 Å². The van der Waals surface area contributed by atoms with E-state index in [2.05, 4.69) is 31.4 Å². The fourth-order valence-electron chi connectivity index (χ4n) is 2.48. The highest BCUT2D eigenvalue weighted by molar-refractivity contribution is 9.10. The monoisotopic (exact) mass is 439 g/mol. The van der Waals surface area contributed by atoms with Crippen molar-refractivity contribution < 1.29 is 18.7 Å². The Hall–Kier alpha value is -2.72. The molecule has 0 radical (unpaired) electrons. The summed E-state index contributed by atoms with van der Waals surface area (Å²) in [6, 6.07) is 5.90. The zero-order valence-corrected chi connectivity index (χ0v) is 15.8. The topological polar surface area (TPSA) is 97.7 Å². The van der Waals surface area contributed by atoms with Crippen LogP contribution in [0.2, 0.25) is 0 Å². The number of nitrogens with two attached hydrogens (primary N) is 1. The number of hydrogen-bond acceptors (Lipinski definition) is 5. The van der Waals surface area contributed by atoms with Gasteiger partial charge < -0.3 is 25.6 Å². The van der Waals surface area contributed by atoms with Gasteiger partial charge in [0.1, 0.15) is 17.9 Å². The maximum atomic E-state index is 15.1. The highest BCUT2D eigenvalue weighted by atomic mass is 79.9. The Morgan fingerprint density at radius 1 is 1.41 bits per heavy atom. The molecule has 0 aliphatic carbocycles. The van der Waals surface area contributed by atoms with Gasteiger partial charge >= 0.3 is 0 Å². The molecule has 0 aliphatic rings. The minimum absolute atomic E-state index is 0.0534. The first kappa shape index (κ1) is 19.1. The van der Waals surface area contributed by atoms with Crippen LogP contribution in [0.3, 0.4) is 0 Å². The molecule has 3 rings (SSSR count). The van der Waals surface area contributed by atoms with E-state index in [1.165, 1.54) is 18.5 Å². The number of benzene rings is 2. The molecule has 10 heteroatoms. The average molecular weight is 440 g/mol. The lowest BCUT2D eigenvalue weighted by Crippen LogP contribution is -2.18. The summed E-state index contributed by atoms with van der Waals surface area (Å²) in [4.78, 5) is 8.90. The van der Waals surface area contributed by atoms with Gasteiger partial charge in [-0.2, -0.15) is 0 Å². The predicted octanol–water partition coefficient (Wildman–Crippen LogP) is 2.99. The number of amidine groups is 1. The molecule has 1 heterocycles. The van der Waals surface area contributed by atoms with E-state index in [4.69, 9.17) is 15.7 Å². The number of fused-ring (bicyclic) bond motifs is 1. The third kappa shape index (κ3) is 3.86. The number of rotatable bonds is 6. The van der Waals surface area contributed by atoms with Crippen molar-refractivity contribution in [3.05, 3.63) is 52.3 Å². The normalized spacial score (nSPS) is 11.8. The number of hydrogen-bond donors (Lipinski definition) is 3. The van der Waals surface area contributed by atoms with E-state index in [1.54, 1.807) is 23.7 Å². The van der Waals surface area contributed by atoms with Gasteiger partial charge in [-0.25, -0.2) is 13.8 Å². The summed E-state index contributed by atoms with van der Waals surface area (Å²) >= 11 is 3.17. The van der Waals surface area contributed by atoms with Gasteiger partial charge in [0.2, 0.25) is 0 Å². The standard InChI is InChI=1S/C17H16BrF2N5O2/c1-25-8-22-16-13(25)7-10(17(21)24-27-5-4-26)15(14(16)20)23-12-3-2-9(18)6-11(12)19/h2-3,6-8,23,26H,4-5H2,1H3,(H2,21,24). The number of halogens is 3. The summed E-state index contributed by atoms with van der Waals surface area (Å²) in [6.07, 6.45) is 1.46. The van der Waals surface area contributed by atoms with Crippen LogP contribution in [-0.2, 0) is 11.9 Å². The fourth-order valence-corrected chi connectivity index (χ4v) is 2.81. The highest BCUT2D eigenvalue weighted by Crippen LogP contribution is 2.32. The van der Waals surface area contributed by atoms with Gasteiger partial charge in [0.25, 0.3) is 0 Å². The SMILES string of the molecule is Cn1cnc2c(F)c(Nc3ccc(Br)cc3F)c(C(N)=NOCCO)cc21. The molecule has 0 spiro atoms. The lowest BCUT2D eigenvalue weighted by Gasteiger charge is -2.14. The Morgan fingerprint density at radius 3 is 2.89 bits per heavy atom. The van der Waals surface area contributed by atoms with Crippen molar-refractivity contribution in [2.45, 2.75) is 0 Å². The molecule has 0 bridgehead atoms. The lowest BCUT2D eigenvalue weighted by atomic mass is 10.1. The molecule has 0 unspecified atom stereocenters. The van der Waals surface area contributed by atoms with Crippen molar-refractivity contribution in [1.29, 1.82) is 0 Å². The molecule has 0 saturated heterocycles. The number of nitrogens with zero attached hydrogens (tertiary/aromatic N) is 3. The fraction of sp³-hybridized carbons (Fsp3) is 0.176. The molecular formula is C17H16BrF2N5O2. The molecule has 0 fully saturated rings. The number of aliphatic hydroxyl groups excluding tert-OH is 1. The van der Waals surface area contributed by atoms with Gasteiger partial charge in [-0.1, -0.05) is 21.1 Å². The number of imidazole rings is 1. The first-order valence-corrected chi connectivity index (χ1v) is 8.64. The summed E-state index contributed by atoms with van der Waals surface area (Å²) in [5, 5.41) is 15.2. The average Bonchev–Trinajstić information content (AvgIpc) is 3.00. The Morgan fingerprint density at radius 2 is 2.19 bits per heavy atom. The number of aryl methyl sites for hydroxylation is 1. The summed E-state index contributed by atoms with van der Waals surface area (Å²) in [5.74, 6) is -1.42. The van der Waals surface area contributed by atoms with E-state index in [9.17, 15) is 4.39 Å². The summed E-state index contributed by atoms with van der Waals surface area (Å²) in [5.41, 5.74) is 6.65. The second-order valence-corrected chi connectivity index (χ2v) is 6.53. The van der Waals surface area contributed by atoms with E-state index in [-0.39, 0.29) is 41.5 Å². The number of aliphatic hydroxyl groups is 1. The first-order valence-electron chi connectivity index (χ1n) is 7.84. The van der Waals surface area contributed by atoms with Crippen molar-refractivity contribution in [2.24, 2.45) is 17.9 Å². The lowest BCUT2D eigenvalue weighted by molar-refractivity contribution is 0.0985. The van der Waals surface area contributed by atoms with Crippen molar-refractivity contribution in [3.8, 4) is 0 Å². The minimum atomic E-state index is -0.703. The molecular weight excluding hydrogens is 424 g/mol. The summed E-state index contributed by atoms with van der Waals surface area (Å²) < 4.78 is 31.5. The first-order chi connectivity index (χ1) is 12.9. The zero-order chi connectivity index (χ0) is 19.6. The van der Waals surface area contributed by atoms with Crippen LogP contribution in [0, 0.1) is 11.6 Å². The highest BCUT2D eigenvalue weighted by Gasteiger charge is 2.20. The van der Waals surface area contributed by atoms with Gasteiger partial charge in [-0.3, -0.25) is 0 Å². The molecule has 1 aromatic heterocycles. The van der Waals surface area contributed by atoms with E-state index in [0.29, 0.717) is 9.99 Å². The summed E-state index contributed by atoms with van der Waals surface area (Å²) in [6.45, 7) is -0.317. The van der Waals surface area contributed by atoms with Crippen LogP contribution in [0.15, 0.2) is 40.2 Å². The van der Waals surface area contributed by atoms with E-state index in [1.807, 2.05) is 0 Å². The van der Waals surface area contributed by atoms with Crippen molar-refractivity contribution in [3.63, 3.8) is 0 Å². The predicted molar refractivity (Wildman–Crippen MR) is 102 cm³/mol.